The predicted octanol–water partition coefficient (Wildman–Crippen LogP) is 3.47. The first-order valence-corrected chi connectivity index (χ1v) is 10.3. The van der Waals surface area contributed by atoms with Gasteiger partial charge in [0.2, 0.25) is 5.91 Å². The number of nitrogens with two attached hydrogens (primary N) is 1. The minimum absolute atomic E-state index is 0.150. The van der Waals surface area contributed by atoms with Gasteiger partial charge in [-0.2, -0.15) is 5.26 Å². The van der Waals surface area contributed by atoms with Gasteiger partial charge in [-0.3, -0.25) is 4.79 Å². The molecule has 1 aliphatic heterocycles. The Morgan fingerprint density at radius 2 is 1.85 bits per heavy atom. The van der Waals surface area contributed by atoms with E-state index in [-0.39, 0.29) is 12.0 Å². The molecule has 2 fully saturated rings. The van der Waals surface area contributed by atoms with E-state index >= 15 is 0 Å². The molecule has 1 saturated heterocycles. The fraction of sp³-hybridized carbons (Fsp3) is 0.636. The van der Waals surface area contributed by atoms with Crippen LogP contribution in [-0.4, -0.2) is 36.5 Å². The van der Waals surface area contributed by atoms with Crippen LogP contribution in [0.15, 0.2) is 24.3 Å². The lowest BCUT2D eigenvalue weighted by Gasteiger charge is -2.35. The number of benzene rings is 1. The van der Waals surface area contributed by atoms with Crippen molar-refractivity contribution in [3.05, 3.63) is 29.8 Å². The fourth-order valence-electron chi connectivity index (χ4n) is 4.63. The standard InChI is InChI=1S/C22H31N3O2/c23-16-19-7-3-4-8-21(19)27-20-10-13-25(14-11-20)12-9-17-5-1-2-6-18(17)15-22(24)26/h3-4,7-8,17-18,20H,1-2,5-6,9-15H2,(H2,24,26). The normalized spacial score (nSPS) is 24.3. The number of hydrogen-bond donors (Lipinski definition) is 1. The van der Waals surface area contributed by atoms with Crippen molar-refractivity contribution in [2.24, 2.45) is 17.6 Å². The highest BCUT2D eigenvalue weighted by molar-refractivity contribution is 5.74. The van der Waals surface area contributed by atoms with E-state index in [1.54, 1.807) is 6.07 Å². The highest BCUT2D eigenvalue weighted by atomic mass is 16.5. The lowest BCUT2D eigenvalue weighted by molar-refractivity contribution is -0.119. The van der Waals surface area contributed by atoms with Crippen LogP contribution >= 0.6 is 0 Å². The second-order valence-electron chi connectivity index (χ2n) is 8.03. The van der Waals surface area contributed by atoms with Crippen molar-refractivity contribution < 1.29 is 9.53 Å². The lowest BCUT2D eigenvalue weighted by Crippen LogP contribution is -2.39. The molecule has 2 N–H and O–H groups in total. The Labute approximate surface area is 162 Å². The van der Waals surface area contributed by atoms with Crippen molar-refractivity contribution in [3.63, 3.8) is 0 Å². The van der Waals surface area contributed by atoms with Crippen molar-refractivity contribution in [2.45, 2.75) is 57.5 Å². The van der Waals surface area contributed by atoms with E-state index in [9.17, 15) is 10.1 Å². The van der Waals surface area contributed by atoms with Gasteiger partial charge in [0.25, 0.3) is 0 Å². The lowest BCUT2D eigenvalue weighted by atomic mass is 9.75. The molecule has 146 valence electrons. The SMILES string of the molecule is N#Cc1ccccc1OC1CCN(CCC2CCCCC2CC(N)=O)CC1. The molecule has 2 unspecified atom stereocenters. The minimum Gasteiger partial charge on any atom is -0.489 e. The van der Waals surface area contributed by atoms with E-state index in [0.717, 1.165) is 38.9 Å². The summed E-state index contributed by atoms with van der Waals surface area (Å²) in [7, 11) is 0. The van der Waals surface area contributed by atoms with E-state index in [1.165, 1.54) is 25.7 Å². The van der Waals surface area contributed by atoms with Crippen LogP contribution in [0.5, 0.6) is 5.75 Å². The second kappa shape index (κ2) is 9.75. The number of ether oxygens (including phenoxy) is 1. The summed E-state index contributed by atoms with van der Waals surface area (Å²) in [4.78, 5) is 13.8. The van der Waals surface area contributed by atoms with E-state index in [2.05, 4.69) is 11.0 Å². The number of rotatable bonds is 7. The van der Waals surface area contributed by atoms with E-state index in [4.69, 9.17) is 10.5 Å². The Bertz CT molecular complexity index is 662. The molecule has 1 saturated carbocycles. The molecule has 1 heterocycles. The number of nitrogens with zero attached hydrogens (tertiary/aromatic N) is 2. The van der Waals surface area contributed by atoms with Gasteiger partial charge in [-0.1, -0.05) is 31.4 Å². The molecule has 0 aromatic heterocycles. The summed E-state index contributed by atoms with van der Waals surface area (Å²) in [6.45, 7) is 3.17. The van der Waals surface area contributed by atoms with Gasteiger partial charge in [0.05, 0.1) is 5.56 Å². The van der Waals surface area contributed by atoms with Crippen LogP contribution in [0.25, 0.3) is 0 Å². The molecule has 5 nitrogen and oxygen atoms in total. The maximum absolute atomic E-state index is 11.3. The smallest absolute Gasteiger partial charge is 0.217 e. The third-order valence-corrected chi connectivity index (χ3v) is 6.18. The van der Waals surface area contributed by atoms with Crippen molar-refractivity contribution in [1.82, 2.24) is 4.90 Å². The number of hydrogen-bond acceptors (Lipinski definition) is 4. The molecular weight excluding hydrogens is 338 g/mol. The van der Waals surface area contributed by atoms with Crippen LogP contribution in [0.3, 0.4) is 0 Å². The van der Waals surface area contributed by atoms with Gasteiger partial charge < -0.3 is 15.4 Å². The number of primary amides is 1. The number of carbonyl (C=O) groups is 1. The number of carbonyl (C=O) groups excluding carboxylic acids is 1. The summed E-state index contributed by atoms with van der Waals surface area (Å²) in [6.07, 6.45) is 8.82. The number of piperidine rings is 1. The molecule has 1 aromatic rings. The number of likely N-dealkylation sites (tertiary alicyclic amines) is 1. The van der Waals surface area contributed by atoms with Crippen LogP contribution in [-0.2, 0) is 4.79 Å². The van der Waals surface area contributed by atoms with Crippen LogP contribution in [0.2, 0.25) is 0 Å². The first-order chi connectivity index (χ1) is 13.2. The van der Waals surface area contributed by atoms with E-state index in [1.807, 2.05) is 18.2 Å². The largest absolute Gasteiger partial charge is 0.489 e. The third-order valence-electron chi connectivity index (χ3n) is 6.18. The summed E-state index contributed by atoms with van der Waals surface area (Å²) in [5, 5.41) is 9.19. The summed E-state index contributed by atoms with van der Waals surface area (Å²) >= 11 is 0. The van der Waals surface area contributed by atoms with Gasteiger partial charge in [-0.15, -0.1) is 0 Å². The number of nitriles is 1. The van der Waals surface area contributed by atoms with Gasteiger partial charge in [0, 0.05) is 19.5 Å². The van der Waals surface area contributed by atoms with Gasteiger partial charge >= 0.3 is 0 Å². The topological polar surface area (TPSA) is 79.3 Å². The zero-order valence-electron chi connectivity index (χ0n) is 16.1. The summed E-state index contributed by atoms with van der Waals surface area (Å²) < 4.78 is 6.08. The molecule has 1 aliphatic carbocycles. The van der Waals surface area contributed by atoms with E-state index < -0.39 is 0 Å². The average molecular weight is 370 g/mol. The molecule has 3 rings (SSSR count). The molecule has 0 spiro atoms. The maximum atomic E-state index is 11.3. The number of para-hydroxylation sites is 1. The van der Waals surface area contributed by atoms with Gasteiger partial charge in [-0.25, -0.2) is 0 Å². The summed E-state index contributed by atoms with van der Waals surface area (Å²) in [5.41, 5.74) is 6.05. The zero-order valence-corrected chi connectivity index (χ0v) is 16.1. The Hall–Kier alpha value is -2.06. The highest BCUT2D eigenvalue weighted by Gasteiger charge is 2.28. The van der Waals surface area contributed by atoms with Gasteiger partial charge in [0.15, 0.2) is 0 Å². The predicted molar refractivity (Wildman–Crippen MR) is 105 cm³/mol. The van der Waals surface area contributed by atoms with Gasteiger partial charge in [-0.05, 0) is 56.2 Å². The van der Waals surface area contributed by atoms with Crippen molar-refractivity contribution in [3.8, 4) is 11.8 Å². The zero-order chi connectivity index (χ0) is 19.1. The van der Waals surface area contributed by atoms with Crippen LogP contribution in [0, 0.1) is 23.2 Å². The third kappa shape index (κ3) is 5.71. The monoisotopic (exact) mass is 369 g/mol. The molecule has 5 heteroatoms. The minimum atomic E-state index is -0.150. The van der Waals surface area contributed by atoms with Crippen molar-refractivity contribution in [2.75, 3.05) is 19.6 Å². The Balaban J connectivity index is 1.43. The molecule has 1 aromatic carbocycles. The molecule has 2 atom stereocenters. The van der Waals surface area contributed by atoms with Crippen molar-refractivity contribution >= 4 is 5.91 Å². The quantitative estimate of drug-likeness (QED) is 0.798. The number of amides is 1. The van der Waals surface area contributed by atoms with E-state index in [0.29, 0.717) is 29.6 Å². The molecule has 2 aliphatic rings. The Morgan fingerprint density at radius 1 is 1.15 bits per heavy atom. The van der Waals surface area contributed by atoms with Crippen LogP contribution in [0.4, 0.5) is 0 Å². The fourth-order valence-corrected chi connectivity index (χ4v) is 4.63. The van der Waals surface area contributed by atoms with Crippen LogP contribution < -0.4 is 10.5 Å². The summed E-state index contributed by atoms with van der Waals surface area (Å²) in [6, 6.07) is 9.66. The molecule has 1 amide bonds. The van der Waals surface area contributed by atoms with Gasteiger partial charge in [0.1, 0.15) is 17.9 Å². The first kappa shape index (κ1) is 19.7. The maximum Gasteiger partial charge on any atom is 0.217 e. The molecule has 27 heavy (non-hydrogen) atoms. The first-order valence-electron chi connectivity index (χ1n) is 10.3. The summed E-state index contributed by atoms with van der Waals surface area (Å²) in [5.74, 6) is 1.68. The van der Waals surface area contributed by atoms with Crippen molar-refractivity contribution in [1.29, 1.82) is 5.26 Å². The highest BCUT2D eigenvalue weighted by Crippen LogP contribution is 2.34. The Kier molecular flexibility index (Phi) is 7.11. The molecular formula is C22H31N3O2. The Morgan fingerprint density at radius 3 is 2.56 bits per heavy atom. The average Bonchev–Trinajstić information content (AvgIpc) is 2.68. The molecule has 0 bridgehead atoms. The second-order valence-corrected chi connectivity index (χ2v) is 8.03. The molecule has 0 radical (unpaired) electrons. The van der Waals surface area contributed by atoms with Crippen LogP contribution in [0.1, 0.15) is 56.9 Å².